The average Bonchev–Trinajstić information content (AvgIpc) is 3.00. The van der Waals surface area contributed by atoms with E-state index in [-0.39, 0.29) is 5.91 Å². The van der Waals surface area contributed by atoms with Gasteiger partial charge in [-0.25, -0.2) is 9.50 Å². The van der Waals surface area contributed by atoms with E-state index in [9.17, 15) is 4.79 Å². The highest BCUT2D eigenvalue weighted by Gasteiger charge is 2.15. The first-order valence-corrected chi connectivity index (χ1v) is 7.41. The van der Waals surface area contributed by atoms with Crippen LogP contribution in [0.25, 0.3) is 16.8 Å². The molecule has 0 radical (unpaired) electrons. The lowest BCUT2D eigenvalue weighted by atomic mass is 10.1. The summed E-state index contributed by atoms with van der Waals surface area (Å²) in [6.07, 6.45) is 3.36. The Labute approximate surface area is 134 Å². The van der Waals surface area contributed by atoms with Crippen molar-refractivity contribution >= 4 is 11.6 Å². The highest BCUT2D eigenvalue weighted by atomic mass is 16.5. The van der Waals surface area contributed by atoms with Crippen LogP contribution < -0.4 is 10.1 Å². The molecule has 0 spiro atoms. The maximum absolute atomic E-state index is 12.1. The first kappa shape index (κ1) is 15.0. The van der Waals surface area contributed by atoms with Gasteiger partial charge in [0, 0.05) is 18.3 Å². The number of aryl methyl sites for hydroxylation is 1. The molecule has 0 atom stereocenters. The highest BCUT2D eigenvalue weighted by Crippen LogP contribution is 2.26. The fourth-order valence-corrected chi connectivity index (χ4v) is 2.50. The molecule has 0 bridgehead atoms. The molecular weight excluding hydrogens is 292 g/mol. The zero-order valence-corrected chi connectivity index (χ0v) is 13.3. The quantitative estimate of drug-likeness (QED) is 0.804. The lowest BCUT2D eigenvalue weighted by molar-refractivity contribution is 0.0954. The van der Waals surface area contributed by atoms with Gasteiger partial charge in [-0.2, -0.15) is 5.10 Å². The maximum Gasteiger partial charge on any atom is 0.254 e. The number of ether oxygens (including phenoxy) is 1. The second-order valence-electron chi connectivity index (χ2n) is 5.14. The van der Waals surface area contributed by atoms with Crippen molar-refractivity contribution in [3.05, 3.63) is 47.9 Å². The van der Waals surface area contributed by atoms with Crippen LogP contribution in [0, 0.1) is 6.92 Å². The molecule has 23 heavy (non-hydrogen) atoms. The Bertz CT molecular complexity index is 853. The molecule has 1 amide bonds. The van der Waals surface area contributed by atoms with E-state index in [0.29, 0.717) is 12.1 Å². The zero-order valence-electron chi connectivity index (χ0n) is 13.3. The van der Waals surface area contributed by atoms with Crippen LogP contribution in [-0.2, 0) is 0 Å². The third kappa shape index (κ3) is 2.63. The van der Waals surface area contributed by atoms with Crippen molar-refractivity contribution in [2.24, 2.45) is 0 Å². The topological polar surface area (TPSA) is 68.5 Å². The predicted octanol–water partition coefficient (Wildman–Crippen LogP) is 2.46. The van der Waals surface area contributed by atoms with Crippen LogP contribution in [0.1, 0.15) is 23.0 Å². The van der Waals surface area contributed by atoms with E-state index in [1.807, 2.05) is 38.1 Å². The van der Waals surface area contributed by atoms with E-state index in [4.69, 9.17) is 4.74 Å². The van der Waals surface area contributed by atoms with Crippen LogP contribution in [0.15, 0.2) is 36.7 Å². The number of carbonyl (C=O) groups is 1. The Morgan fingerprint density at radius 2 is 2.00 bits per heavy atom. The molecule has 6 heteroatoms. The predicted molar refractivity (Wildman–Crippen MR) is 87.7 cm³/mol. The van der Waals surface area contributed by atoms with Gasteiger partial charge in [0.1, 0.15) is 5.75 Å². The number of rotatable bonds is 4. The number of carbonyl (C=O) groups excluding carboxylic acids is 1. The summed E-state index contributed by atoms with van der Waals surface area (Å²) >= 11 is 0. The van der Waals surface area contributed by atoms with Crippen molar-refractivity contribution in [2.75, 3.05) is 13.7 Å². The largest absolute Gasteiger partial charge is 0.497 e. The second-order valence-corrected chi connectivity index (χ2v) is 5.14. The summed E-state index contributed by atoms with van der Waals surface area (Å²) in [5, 5.41) is 7.17. The number of benzene rings is 1. The van der Waals surface area contributed by atoms with Gasteiger partial charge in [0.05, 0.1) is 24.6 Å². The Morgan fingerprint density at radius 3 is 2.65 bits per heavy atom. The van der Waals surface area contributed by atoms with Crippen LogP contribution in [0.5, 0.6) is 5.75 Å². The minimum absolute atomic E-state index is 0.138. The van der Waals surface area contributed by atoms with Gasteiger partial charge in [-0.3, -0.25) is 4.79 Å². The van der Waals surface area contributed by atoms with Crippen LogP contribution >= 0.6 is 0 Å². The van der Waals surface area contributed by atoms with Crippen LogP contribution in [0.3, 0.4) is 0 Å². The minimum Gasteiger partial charge on any atom is -0.497 e. The molecule has 2 heterocycles. The molecule has 0 aliphatic heterocycles. The van der Waals surface area contributed by atoms with Crippen molar-refractivity contribution in [3.63, 3.8) is 0 Å². The van der Waals surface area contributed by atoms with Gasteiger partial charge in [0.15, 0.2) is 5.65 Å². The molecule has 3 aromatic rings. The van der Waals surface area contributed by atoms with E-state index < -0.39 is 0 Å². The minimum atomic E-state index is -0.138. The van der Waals surface area contributed by atoms with Crippen molar-refractivity contribution in [3.8, 4) is 16.9 Å². The first-order chi connectivity index (χ1) is 11.2. The molecule has 1 N–H and O–H groups in total. The SMILES string of the molecule is CCNC(=O)c1cnc2c(-c3ccc(OC)cc3)cnn2c1C. The van der Waals surface area contributed by atoms with E-state index in [1.54, 1.807) is 24.0 Å². The highest BCUT2D eigenvalue weighted by molar-refractivity contribution is 5.95. The van der Waals surface area contributed by atoms with Crippen molar-refractivity contribution in [2.45, 2.75) is 13.8 Å². The lowest BCUT2D eigenvalue weighted by Gasteiger charge is -2.07. The summed E-state index contributed by atoms with van der Waals surface area (Å²) in [5.41, 5.74) is 3.93. The Morgan fingerprint density at radius 1 is 1.26 bits per heavy atom. The van der Waals surface area contributed by atoms with Crippen molar-refractivity contribution in [1.82, 2.24) is 19.9 Å². The molecular formula is C17H18N4O2. The summed E-state index contributed by atoms with van der Waals surface area (Å²) in [6, 6.07) is 7.72. The average molecular weight is 310 g/mol. The fourth-order valence-electron chi connectivity index (χ4n) is 2.50. The third-order valence-electron chi connectivity index (χ3n) is 3.75. The van der Waals surface area contributed by atoms with Crippen molar-refractivity contribution < 1.29 is 9.53 Å². The molecule has 118 valence electrons. The van der Waals surface area contributed by atoms with Gasteiger partial charge in [-0.15, -0.1) is 0 Å². The van der Waals surface area contributed by atoms with E-state index in [1.165, 1.54) is 0 Å². The first-order valence-electron chi connectivity index (χ1n) is 7.41. The molecule has 3 rings (SSSR count). The van der Waals surface area contributed by atoms with Gasteiger partial charge in [0.2, 0.25) is 0 Å². The summed E-state index contributed by atoms with van der Waals surface area (Å²) in [6.45, 7) is 4.32. The van der Waals surface area contributed by atoms with Gasteiger partial charge in [-0.1, -0.05) is 12.1 Å². The molecule has 0 unspecified atom stereocenters. The van der Waals surface area contributed by atoms with Crippen LogP contribution in [0.2, 0.25) is 0 Å². The van der Waals surface area contributed by atoms with Gasteiger partial charge < -0.3 is 10.1 Å². The number of hydrogen-bond donors (Lipinski definition) is 1. The summed E-state index contributed by atoms with van der Waals surface area (Å²) in [7, 11) is 1.64. The van der Waals surface area contributed by atoms with Crippen LogP contribution in [-0.4, -0.2) is 34.2 Å². The number of amides is 1. The summed E-state index contributed by atoms with van der Waals surface area (Å²) < 4.78 is 6.88. The van der Waals surface area contributed by atoms with Gasteiger partial charge >= 0.3 is 0 Å². The maximum atomic E-state index is 12.1. The number of hydrogen-bond acceptors (Lipinski definition) is 4. The summed E-state index contributed by atoms with van der Waals surface area (Å²) in [4.78, 5) is 16.5. The number of nitrogens with one attached hydrogen (secondary N) is 1. The van der Waals surface area contributed by atoms with E-state index in [2.05, 4.69) is 15.4 Å². The van der Waals surface area contributed by atoms with E-state index in [0.717, 1.165) is 28.2 Å². The van der Waals surface area contributed by atoms with Crippen molar-refractivity contribution in [1.29, 1.82) is 0 Å². The Balaban J connectivity index is 2.07. The second kappa shape index (κ2) is 6.08. The molecule has 0 aliphatic rings. The molecule has 6 nitrogen and oxygen atoms in total. The fraction of sp³-hybridized carbons (Fsp3) is 0.235. The molecule has 2 aromatic heterocycles. The third-order valence-corrected chi connectivity index (χ3v) is 3.75. The van der Waals surface area contributed by atoms with Gasteiger partial charge in [-0.05, 0) is 31.5 Å². The molecule has 0 aliphatic carbocycles. The van der Waals surface area contributed by atoms with Crippen LogP contribution in [0.4, 0.5) is 0 Å². The molecule has 0 saturated heterocycles. The number of fused-ring (bicyclic) bond motifs is 1. The standard InChI is InChI=1S/C17H18N4O2/c1-4-18-17(22)14-9-19-16-15(10-20-21(16)11(14)2)12-5-7-13(23-3)8-6-12/h5-10H,4H2,1-3H3,(H,18,22). The zero-order chi connectivity index (χ0) is 16.4. The number of nitrogens with zero attached hydrogens (tertiary/aromatic N) is 3. The molecule has 1 aromatic carbocycles. The number of aromatic nitrogens is 3. The normalized spacial score (nSPS) is 10.7. The Kier molecular flexibility index (Phi) is 3.97. The molecule has 0 fully saturated rings. The molecule has 0 saturated carbocycles. The smallest absolute Gasteiger partial charge is 0.254 e. The Hall–Kier alpha value is -2.89. The number of methoxy groups -OCH3 is 1. The monoisotopic (exact) mass is 310 g/mol. The lowest BCUT2D eigenvalue weighted by Crippen LogP contribution is -2.24. The van der Waals surface area contributed by atoms with E-state index >= 15 is 0 Å². The van der Waals surface area contributed by atoms with Gasteiger partial charge in [0.25, 0.3) is 5.91 Å². The summed E-state index contributed by atoms with van der Waals surface area (Å²) in [5.74, 6) is 0.661.